The number of nitrogens with one attached hydrogen (secondary N) is 2. The molecule has 2 aromatic rings. The molecule has 6 heteroatoms. The van der Waals surface area contributed by atoms with Gasteiger partial charge in [0.15, 0.2) is 0 Å². The number of aromatic nitrogens is 1. The highest BCUT2D eigenvalue weighted by Gasteiger charge is 2.11. The van der Waals surface area contributed by atoms with Crippen LogP contribution in [0.25, 0.3) is 0 Å². The number of hydrogen-bond acceptors (Lipinski definition) is 3. The number of rotatable bonds is 4. The first-order valence-electron chi connectivity index (χ1n) is 5.28. The van der Waals surface area contributed by atoms with Crippen molar-refractivity contribution >= 4 is 15.7 Å². The summed E-state index contributed by atoms with van der Waals surface area (Å²) in [4.78, 5) is 13.2. The standard InChI is InChI=1S/C12H12N2O3S/c15-12-7-6-11(8-13-12)14-18(16,17)9-10-4-2-1-3-5-10/h1-8,14H,9H2,(H,13,15). The topological polar surface area (TPSA) is 79.0 Å². The molecule has 1 aromatic heterocycles. The van der Waals surface area contributed by atoms with Gasteiger partial charge in [-0.3, -0.25) is 9.52 Å². The summed E-state index contributed by atoms with van der Waals surface area (Å²) in [6.07, 6.45) is 1.32. The lowest BCUT2D eigenvalue weighted by Crippen LogP contribution is -2.16. The normalized spacial score (nSPS) is 11.1. The smallest absolute Gasteiger partial charge is 0.248 e. The van der Waals surface area contributed by atoms with Gasteiger partial charge < -0.3 is 4.98 Å². The highest BCUT2D eigenvalue weighted by molar-refractivity contribution is 7.91. The lowest BCUT2D eigenvalue weighted by molar-refractivity contribution is 0.600. The SMILES string of the molecule is O=c1ccc(NS(=O)(=O)Cc2ccccc2)c[nH]1. The van der Waals surface area contributed by atoms with E-state index < -0.39 is 10.0 Å². The first-order valence-corrected chi connectivity index (χ1v) is 6.93. The maximum atomic E-state index is 11.9. The third-order valence-electron chi connectivity index (χ3n) is 2.26. The van der Waals surface area contributed by atoms with Gasteiger partial charge in [0.25, 0.3) is 0 Å². The van der Waals surface area contributed by atoms with Crippen molar-refractivity contribution in [2.75, 3.05) is 4.72 Å². The molecule has 0 aliphatic rings. The second kappa shape index (κ2) is 5.05. The zero-order valence-electron chi connectivity index (χ0n) is 9.46. The maximum Gasteiger partial charge on any atom is 0.248 e. The van der Waals surface area contributed by atoms with Gasteiger partial charge in [-0.2, -0.15) is 0 Å². The van der Waals surface area contributed by atoms with Gasteiger partial charge in [0.1, 0.15) is 0 Å². The van der Waals surface area contributed by atoms with Crippen molar-refractivity contribution in [1.82, 2.24) is 4.98 Å². The first-order chi connectivity index (χ1) is 8.55. The lowest BCUT2D eigenvalue weighted by Gasteiger charge is -2.07. The summed E-state index contributed by atoms with van der Waals surface area (Å²) in [7, 11) is -3.47. The highest BCUT2D eigenvalue weighted by atomic mass is 32.2. The van der Waals surface area contributed by atoms with E-state index in [4.69, 9.17) is 0 Å². The van der Waals surface area contributed by atoms with Crippen LogP contribution in [0.15, 0.2) is 53.5 Å². The number of anilines is 1. The van der Waals surface area contributed by atoms with E-state index >= 15 is 0 Å². The van der Waals surface area contributed by atoms with Gasteiger partial charge in [0.05, 0.1) is 11.4 Å². The van der Waals surface area contributed by atoms with Crippen molar-refractivity contribution in [2.24, 2.45) is 0 Å². The minimum atomic E-state index is -3.47. The summed E-state index contributed by atoms with van der Waals surface area (Å²) < 4.78 is 26.1. The molecule has 18 heavy (non-hydrogen) atoms. The molecule has 1 aromatic carbocycles. The molecule has 2 rings (SSSR count). The summed E-state index contributed by atoms with van der Waals surface area (Å²) in [6.45, 7) is 0. The molecule has 0 spiro atoms. The van der Waals surface area contributed by atoms with E-state index in [1.165, 1.54) is 18.3 Å². The Bertz CT molecular complexity index is 657. The van der Waals surface area contributed by atoms with Gasteiger partial charge in [-0.15, -0.1) is 0 Å². The number of H-pyrrole nitrogens is 1. The number of hydrogen-bond donors (Lipinski definition) is 2. The maximum absolute atomic E-state index is 11.9. The highest BCUT2D eigenvalue weighted by Crippen LogP contribution is 2.10. The van der Waals surface area contributed by atoms with Crippen LogP contribution in [0.4, 0.5) is 5.69 Å². The summed E-state index contributed by atoms with van der Waals surface area (Å²) in [5.74, 6) is -0.104. The summed E-state index contributed by atoms with van der Waals surface area (Å²) in [5, 5.41) is 0. The minimum Gasteiger partial charge on any atom is -0.327 e. The molecule has 0 aliphatic heterocycles. The number of aromatic amines is 1. The molecule has 0 atom stereocenters. The van der Waals surface area contributed by atoms with Crippen LogP contribution in [0.1, 0.15) is 5.56 Å². The molecular formula is C12H12N2O3S. The molecule has 0 amide bonds. The van der Waals surface area contributed by atoms with Gasteiger partial charge in [-0.05, 0) is 11.6 Å². The Morgan fingerprint density at radius 3 is 2.39 bits per heavy atom. The van der Waals surface area contributed by atoms with Gasteiger partial charge in [-0.25, -0.2) is 8.42 Å². The Morgan fingerprint density at radius 1 is 1.06 bits per heavy atom. The predicted molar refractivity (Wildman–Crippen MR) is 69.8 cm³/mol. The Morgan fingerprint density at radius 2 is 1.78 bits per heavy atom. The molecule has 0 saturated carbocycles. The van der Waals surface area contributed by atoms with Crippen molar-refractivity contribution in [3.8, 4) is 0 Å². The lowest BCUT2D eigenvalue weighted by atomic mass is 10.2. The molecule has 2 N–H and O–H groups in total. The Hall–Kier alpha value is -2.08. The van der Waals surface area contributed by atoms with Crippen molar-refractivity contribution in [2.45, 2.75) is 5.75 Å². The summed E-state index contributed by atoms with van der Waals surface area (Å²) in [6, 6.07) is 11.6. The van der Waals surface area contributed by atoms with Crippen LogP contribution in [0.5, 0.6) is 0 Å². The monoisotopic (exact) mass is 264 g/mol. The quantitative estimate of drug-likeness (QED) is 0.874. The van der Waals surface area contributed by atoms with E-state index in [0.29, 0.717) is 11.3 Å². The predicted octanol–water partition coefficient (Wildman–Crippen LogP) is 1.32. The average Bonchev–Trinajstić information content (AvgIpc) is 2.32. The van der Waals surface area contributed by atoms with Gasteiger partial charge in [0.2, 0.25) is 15.6 Å². The van der Waals surface area contributed by atoms with E-state index in [0.717, 1.165) is 0 Å². The largest absolute Gasteiger partial charge is 0.327 e. The third-order valence-corrected chi connectivity index (χ3v) is 3.52. The molecule has 0 aliphatic carbocycles. The van der Waals surface area contributed by atoms with E-state index in [1.807, 2.05) is 6.07 Å². The number of pyridine rings is 1. The second-order valence-corrected chi connectivity index (χ2v) is 5.51. The summed E-state index contributed by atoms with van der Waals surface area (Å²) >= 11 is 0. The summed E-state index contributed by atoms with van der Waals surface area (Å²) in [5.41, 5.74) is 0.765. The van der Waals surface area contributed by atoms with Crippen LogP contribution in [-0.4, -0.2) is 13.4 Å². The van der Waals surface area contributed by atoms with Crippen LogP contribution in [0, 0.1) is 0 Å². The Labute approximate surface area is 105 Å². The van der Waals surface area contributed by atoms with Gasteiger partial charge in [-0.1, -0.05) is 30.3 Å². The Balaban J connectivity index is 2.13. The zero-order chi connectivity index (χ0) is 13.0. The van der Waals surface area contributed by atoms with Crippen LogP contribution in [0.3, 0.4) is 0 Å². The van der Waals surface area contributed by atoms with Crippen LogP contribution >= 0.6 is 0 Å². The molecular weight excluding hydrogens is 252 g/mol. The van der Waals surface area contributed by atoms with E-state index in [2.05, 4.69) is 9.71 Å². The zero-order valence-corrected chi connectivity index (χ0v) is 10.3. The molecule has 0 radical (unpaired) electrons. The van der Waals surface area contributed by atoms with Crippen LogP contribution < -0.4 is 10.3 Å². The van der Waals surface area contributed by atoms with E-state index in [-0.39, 0.29) is 11.3 Å². The number of benzene rings is 1. The molecule has 94 valence electrons. The molecule has 0 saturated heterocycles. The fourth-order valence-corrected chi connectivity index (χ4v) is 2.67. The molecule has 1 heterocycles. The molecule has 0 bridgehead atoms. The van der Waals surface area contributed by atoms with Crippen molar-refractivity contribution in [3.05, 3.63) is 64.6 Å². The fourth-order valence-electron chi connectivity index (χ4n) is 1.48. The first kappa shape index (κ1) is 12.4. The molecule has 5 nitrogen and oxygen atoms in total. The molecule has 0 fully saturated rings. The molecule has 0 unspecified atom stereocenters. The van der Waals surface area contributed by atoms with E-state index in [1.54, 1.807) is 24.3 Å². The third kappa shape index (κ3) is 3.46. The minimum absolute atomic E-state index is 0.104. The van der Waals surface area contributed by atoms with Gasteiger partial charge >= 0.3 is 0 Å². The fraction of sp³-hybridized carbons (Fsp3) is 0.0833. The van der Waals surface area contributed by atoms with Crippen molar-refractivity contribution in [3.63, 3.8) is 0 Å². The van der Waals surface area contributed by atoms with Crippen molar-refractivity contribution < 1.29 is 8.42 Å². The van der Waals surface area contributed by atoms with Crippen molar-refractivity contribution in [1.29, 1.82) is 0 Å². The van der Waals surface area contributed by atoms with E-state index in [9.17, 15) is 13.2 Å². The van der Waals surface area contributed by atoms with Crippen LogP contribution in [0.2, 0.25) is 0 Å². The average molecular weight is 264 g/mol. The Kier molecular flexibility index (Phi) is 3.47. The van der Waals surface area contributed by atoms with Gasteiger partial charge in [0, 0.05) is 12.3 Å². The van der Waals surface area contributed by atoms with Crippen LogP contribution in [-0.2, 0) is 15.8 Å². The second-order valence-electron chi connectivity index (χ2n) is 3.79. The number of sulfonamides is 1.